The number of carbonyl (C=O) groups is 1. The number of rotatable bonds is 6. The van der Waals surface area contributed by atoms with Crippen LogP contribution in [0.2, 0.25) is 0 Å². The second-order valence-electron chi connectivity index (χ2n) is 7.26. The van der Waals surface area contributed by atoms with Gasteiger partial charge in [-0.25, -0.2) is 0 Å². The molecule has 6 heteroatoms. The van der Waals surface area contributed by atoms with Crippen LogP contribution in [0.15, 0.2) is 4.99 Å². The van der Waals surface area contributed by atoms with Gasteiger partial charge in [0.05, 0.1) is 12.5 Å². The van der Waals surface area contributed by atoms with E-state index in [2.05, 4.69) is 27.2 Å². The molecular formula is C19H36N4O2. The fraction of sp³-hybridized carbons (Fsp3) is 0.895. The van der Waals surface area contributed by atoms with E-state index in [1.165, 1.54) is 32.1 Å². The Labute approximate surface area is 153 Å². The molecule has 0 aromatic carbocycles. The minimum absolute atomic E-state index is 0.0424. The molecule has 1 saturated heterocycles. The van der Waals surface area contributed by atoms with Crippen LogP contribution in [0.4, 0.5) is 0 Å². The zero-order valence-corrected chi connectivity index (χ0v) is 16.3. The molecule has 2 aliphatic rings. The number of nitrogens with zero attached hydrogens (tertiary/aromatic N) is 3. The minimum atomic E-state index is -0.0424. The number of carbonyl (C=O) groups excluding carboxylic acids is 1. The highest BCUT2D eigenvalue weighted by Crippen LogP contribution is 2.21. The van der Waals surface area contributed by atoms with E-state index in [0.717, 1.165) is 51.0 Å². The van der Waals surface area contributed by atoms with E-state index in [9.17, 15) is 4.79 Å². The number of aliphatic imine (C=N–C) groups is 1. The van der Waals surface area contributed by atoms with E-state index in [-0.39, 0.29) is 11.9 Å². The van der Waals surface area contributed by atoms with Gasteiger partial charge in [-0.15, -0.1) is 0 Å². The second kappa shape index (κ2) is 10.6. The molecule has 1 aliphatic carbocycles. The molecule has 6 nitrogen and oxygen atoms in total. The minimum Gasteiger partial charge on any atom is -0.466 e. The lowest BCUT2D eigenvalue weighted by molar-refractivity contribution is -0.149. The van der Waals surface area contributed by atoms with E-state index in [1.54, 1.807) is 0 Å². The van der Waals surface area contributed by atoms with Gasteiger partial charge in [0.2, 0.25) is 0 Å². The van der Waals surface area contributed by atoms with Crippen LogP contribution in [-0.4, -0.2) is 74.7 Å². The molecule has 144 valence electrons. The highest BCUT2D eigenvalue weighted by atomic mass is 16.5. The predicted octanol–water partition coefficient (Wildman–Crippen LogP) is 2.10. The molecule has 1 N–H and O–H groups in total. The van der Waals surface area contributed by atoms with Gasteiger partial charge in [0.1, 0.15) is 0 Å². The maximum Gasteiger partial charge on any atom is 0.309 e. The average Bonchev–Trinajstić information content (AvgIpc) is 2.66. The van der Waals surface area contributed by atoms with Crippen molar-refractivity contribution in [2.75, 3.05) is 46.9 Å². The monoisotopic (exact) mass is 352 g/mol. The average molecular weight is 353 g/mol. The summed E-state index contributed by atoms with van der Waals surface area (Å²) in [5.41, 5.74) is 0. The number of esters is 1. The molecule has 1 aliphatic heterocycles. The fourth-order valence-corrected chi connectivity index (χ4v) is 3.97. The van der Waals surface area contributed by atoms with Crippen LogP contribution in [0.1, 0.15) is 51.9 Å². The number of piperidine rings is 1. The fourth-order valence-electron chi connectivity index (χ4n) is 3.97. The summed E-state index contributed by atoms with van der Waals surface area (Å²) in [7, 11) is 4.08. The first-order valence-corrected chi connectivity index (χ1v) is 9.98. The number of likely N-dealkylation sites (N-methyl/N-ethyl adjacent to an activating group) is 1. The normalized spacial score (nSPS) is 20.8. The first-order valence-electron chi connectivity index (χ1n) is 9.98. The third-order valence-corrected chi connectivity index (χ3v) is 5.57. The summed E-state index contributed by atoms with van der Waals surface area (Å²) in [6.45, 7) is 6.02. The summed E-state index contributed by atoms with van der Waals surface area (Å²) in [6.07, 6.45) is 8.53. The molecule has 25 heavy (non-hydrogen) atoms. The number of hydrogen-bond donors (Lipinski definition) is 1. The Bertz CT molecular complexity index is 427. The second-order valence-corrected chi connectivity index (χ2v) is 7.26. The van der Waals surface area contributed by atoms with Crippen LogP contribution in [-0.2, 0) is 9.53 Å². The first kappa shape index (κ1) is 20.0. The van der Waals surface area contributed by atoms with Crippen molar-refractivity contribution in [3.05, 3.63) is 0 Å². The van der Waals surface area contributed by atoms with Crippen LogP contribution < -0.4 is 5.32 Å². The van der Waals surface area contributed by atoms with E-state index < -0.39 is 0 Å². The van der Waals surface area contributed by atoms with Gasteiger partial charge in [-0.3, -0.25) is 9.79 Å². The summed E-state index contributed by atoms with van der Waals surface area (Å²) >= 11 is 0. The largest absolute Gasteiger partial charge is 0.466 e. The quantitative estimate of drug-likeness (QED) is 0.451. The number of nitrogens with one attached hydrogen (secondary N) is 1. The maximum absolute atomic E-state index is 11.8. The van der Waals surface area contributed by atoms with Crippen LogP contribution in [0.25, 0.3) is 0 Å². The lowest BCUT2D eigenvalue weighted by Gasteiger charge is -2.34. The van der Waals surface area contributed by atoms with Crippen molar-refractivity contribution in [2.24, 2.45) is 10.9 Å². The predicted molar refractivity (Wildman–Crippen MR) is 102 cm³/mol. The molecule has 0 atom stereocenters. The molecule has 0 aromatic heterocycles. The SMILES string of the molecule is CCOC(=O)C1CCN(C(=NC)NCCN(C)C2CCCCC2)CC1. The highest BCUT2D eigenvalue weighted by Gasteiger charge is 2.27. The lowest BCUT2D eigenvalue weighted by Crippen LogP contribution is -2.48. The Hall–Kier alpha value is -1.30. The van der Waals surface area contributed by atoms with Gasteiger partial charge in [-0.1, -0.05) is 19.3 Å². The van der Waals surface area contributed by atoms with Crippen molar-refractivity contribution in [3.63, 3.8) is 0 Å². The van der Waals surface area contributed by atoms with Crippen LogP contribution in [0, 0.1) is 5.92 Å². The molecule has 0 aromatic rings. The Kier molecular flexibility index (Phi) is 8.52. The van der Waals surface area contributed by atoms with Crippen molar-refractivity contribution < 1.29 is 9.53 Å². The van der Waals surface area contributed by atoms with Crippen molar-refractivity contribution in [3.8, 4) is 0 Å². The standard InChI is InChI=1S/C19H36N4O2/c1-4-25-18(24)16-10-13-23(14-11-16)19(20-2)21-12-15-22(3)17-8-6-5-7-9-17/h16-17H,4-15H2,1-3H3,(H,20,21). The van der Waals surface area contributed by atoms with Gasteiger partial charge in [-0.05, 0) is 39.7 Å². The van der Waals surface area contributed by atoms with E-state index >= 15 is 0 Å². The molecule has 0 bridgehead atoms. The van der Waals surface area contributed by atoms with Gasteiger partial charge in [-0.2, -0.15) is 0 Å². The van der Waals surface area contributed by atoms with Crippen molar-refractivity contribution in [1.29, 1.82) is 0 Å². The zero-order valence-electron chi connectivity index (χ0n) is 16.3. The van der Waals surface area contributed by atoms with Gasteiger partial charge in [0, 0.05) is 39.3 Å². The van der Waals surface area contributed by atoms with E-state index in [4.69, 9.17) is 4.74 Å². The van der Waals surface area contributed by atoms with Gasteiger partial charge >= 0.3 is 5.97 Å². The Morgan fingerprint density at radius 2 is 1.88 bits per heavy atom. The van der Waals surface area contributed by atoms with Crippen LogP contribution in [0.3, 0.4) is 0 Å². The lowest BCUT2D eigenvalue weighted by atomic mass is 9.94. The summed E-state index contributed by atoms with van der Waals surface area (Å²) in [5, 5.41) is 3.50. The highest BCUT2D eigenvalue weighted by molar-refractivity contribution is 5.80. The van der Waals surface area contributed by atoms with E-state index in [0.29, 0.717) is 6.61 Å². The van der Waals surface area contributed by atoms with Crippen molar-refractivity contribution in [1.82, 2.24) is 15.1 Å². The Morgan fingerprint density at radius 1 is 1.20 bits per heavy atom. The topological polar surface area (TPSA) is 57.2 Å². The molecule has 2 fully saturated rings. The third-order valence-electron chi connectivity index (χ3n) is 5.57. The van der Waals surface area contributed by atoms with Crippen LogP contribution in [0.5, 0.6) is 0 Å². The summed E-state index contributed by atoms with van der Waals surface area (Å²) < 4.78 is 5.14. The zero-order chi connectivity index (χ0) is 18.1. The molecule has 0 unspecified atom stereocenters. The third kappa shape index (κ3) is 6.17. The summed E-state index contributed by atoms with van der Waals surface area (Å²) in [5.74, 6) is 0.963. The van der Waals surface area contributed by atoms with Gasteiger partial charge < -0.3 is 19.9 Å². The molecule has 0 radical (unpaired) electrons. The molecule has 1 heterocycles. The maximum atomic E-state index is 11.8. The molecular weight excluding hydrogens is 316 g/mol. The number of guanidine groups is 1. The Balaban J connectivity index is 1.69. The number of hydrogen-bond acceptors (Lipinski definition) is 4. The van der Waals surface area contributed by atoms with Crippen molar-refractivity contribution >= 4 is 11.9 Å². The van der Waals surface area contributed by atoms with E-state index in [1.807, 2.05) is 14.0 Å². The Morgan fingerprint density at radius 3 is 2.48 bits per heavy atom. The van der Waals surface area contributed by atoms with Gasteiger partial charge in [0.25, 0.3) is 0 Å². The molecule has 1 saturated carbocycles. The molecule has 2 rings (SSSR count). The summed E-state index contributed by atoms with van der Waals surface area (Å²) in [6, 6.07) is 0.748. The number of ether oxygens (including phenoxy) is 1. The van der Waals surface area contributed by atoms with Gasteiger partial charge in [0.15, 0.2) is 5.96 Å². The smallest absolute Gasteiger partial charge is 0.309 e. The molecule has 0 amide bonds. The molecule has 0 spiro atoms. The first-order chi connectivity index (χ1) is 12.2. The van der Waals surface area contributed by atoms with Crippen molar-refractivity contribution in [2.45, 2.75) is 57.9 Å². The number of likely N-dealkylation sites (tertiary alicyclic amines) is 1. The van der Waals surface area contributed by atoms with Crippen LogP contribution >= 0.6 is 0 Å². The summed E-state index contributed by atoms with van der Waals surface area (Å²) in [4.78, 5) is 21.0.